The number of ether oxygens (including phenoxy) is 1. The van der Waals surface area contributed by atoms with Crippen LogP contribution in [-0.2, 0) is 13.2 Å². The average molecular weight is 284 g/mol. The Hall–Kier alpha value is -1.17. The van der Waals surface area contributed by atoms with Crippen LogP contribution in [0, 0.1) is 0 Å². The van der Waals surface area contributed by atoms with Crippen LogP contribution < -0.4 is 10.1 Å². The van der Waals surface area contributed by atoms with E-state index in [4.69, 9.17) is 16.3 Å². The van der Waals surface area contributed by atoms with E-state index >= 15 is 0 Å². The molecule has 2 aromatic rings. The van der Waals surface area contributed by atoms with Crippen molar-refractivity contribution in [2.45, 2.75) is 20.1 Å². The fourth-order valence-electron chi connectivity index (χ4n) is 1.33. The first-order valence-corrected chi connectivity index (χ1v) is 6.87. The van der Waals surface area contributed by atoms with Gasteiger partial charge in [-0.05, 0) is 24.2 Å². The predicted octanol–water partition coefficient (Wildman–Crippen LogP) is 2.88. The second-order valence-electron chi connectivity index (χ2n) is 3.66. The lowest BCUT2D eigenvalue weighted by molar-refractivity contribution is 0.302. The molecule has 0 aliphatic heterocycles. The summed E-state index contributed by atoms with van der Waals surface area (Å²) in [6.45, 7) is 4.19. The molecule has 0 bridgehead atoms. The largest absolute Gasteiger partial charge is 0.464 e. The Labute approximate surface area is 115 Å². The summed E-state index contributed by atoms with van der Waals surface area (Å²) < 4.78 is 5.57. The zero-order valence-electron chi connectivity index (χ0n) is 10.0. The Morgan fingerprint density at radius 1 is 1.28 bits per heavy atom. The number of benzene rings is 1. The molecule has 1 aromatic heterocycles. The number of nitrogens with one attached hydrogen (secondary N) is 1. The third-order valence-electron chi connectivity index (χ3n) is 2.25. The zero-order valence-corrected chi connectivity index (χ0v) is 11.6. The minimum Gasteiger partial charge on any atom is -0.464 e. The molecule has 96 valence electrons. The summed E-state index contributed by atoms with van der Waals surface area (Å²) in [6.07, 6.45) is 0. The monoisotopic (exact) mass is 283 g/mol. The van der Waals surface area contributed by atoms with E-state index in [1.807, 2.05) is 24.3 Å². The van der Waals surface area contributed by atoms with E-state index in [2.05, 4.69) is 22.4 Å². The highest BCUT2D eigenvalue weighted by Crippen LogP contribution is 2.19. The SMILES string of the molecule is CCNCc1nnc(OCc2ccc(Cl)cc2)s1. The van der Waals surface area contributed by atoms with Crippen molar-refractivity contribution in [1.29, 1.82) is 0 Å². The van der Waals surface area contributed by atoms with Gasteiger partial charge in [0.2, 0.25) is 0 Å². The molecule has 1 heterocycles. The molecular formula is C12H14ClN3OS. The highest BCUT2D eigenvalue weighted by molar-refractivity contribution is 7.13. The van der Waals surface area contributed by atoms with Crippen LogP contribution in [0.3, 0.4) is 0 Å². The molecule has 1 N–H and O–H groups in total. The van der Waals surface area contributed by atoms with Gasteiger partial charge < -0.3 is 10.1 Å². The molecular weight excluding hydrogens is 270 g/mol. The number of hydrogen-bond donors (Lipinski definition) is 1. The minimum atomic E-state index is 0.479. The molecule has 0 amide bonds. The van der Waals surface area contributed by atoms with Crippen LogP contribution >= 0.6 is 22.9 Å². The first-order chi connectivity index (χ1) is 8.78. The van der Waals surface area contributed by atoms with Crippen molar-refractivity contribution in [3.05, 3.63) is 39.9 Å². The summed E-state index contributed by atoms with van der Waals surface area (Å²) in [5, 5.41) is 13.5. The van der Waals surface area contributed by atoms with Gasteiger partial charge in [0.15, 0.2) is 0 Å². The summed E-state index contributed by atoms with van der Waals surface area (Å²) in [5.41, 5.74) is 1.06. The molecule has 2 rings (SSSR count). The molecule has 0 aliphatic rings. The maximum Gasteiger partial charge on any atom is 0.294 e. The zero-order chi connectivity index (χ0) is 12.8. The first kappa shape index (κ1) is 13.3. The van der Waals surface area contributed by atoms with Gasteiger partial charge in [-0.1, -0.05) is 47.1 Å². The van der Waals surface area contributed by atoms with Crippen LogP contribution in [0.2, 0.25) is 5.02 Å². The molecule has 0 atom stereocenters. The van der Waals surface area contributed by atoms with E-state index in [0.717, 1.165) is 28.7 Å². The lowest BCUT2D eigenvalue weighted by atomic mass is 10.2. The van der Waals surface area contributed by atoms with E-state index < -0.39 is 0 Å². The number of rotatable bonds is 6. The van der Waals surface area contributed by atoms with Gasteiger partial charge in [-0.25, -0.2) is 0 Å². The van der Waals surface area contributed by atoms with Crippen molar-refractivity contribution < 1.29 is 4.74 Å². The molecule has 0 unspecified atom stereocenters. The molecule has 4 nitrogen and oxygen atoms in total. The van der Waals surface area contributed by atoms with Crippen molar-refractivity contribution in [2.75, 3.05) is 6.54 Å². The van der Waals surface area contributed by atoms with E-state index in [9.17, 15) is 0 Å². The second kappa shape index (κ2) is 6.68. The standard InChI is InChI=1S/C12H14ClN3OS/c1-2-14-7-11-15-16-12(18-11)17-8-9-3-5-10(13)6-4-9/h3-6,14H,2,7-8H2,1H3. The summed E-state index contributed by atoms with van der Waals surface area (Å²) in [7, 11) is 0. The van der Waals surface area contributed by atoms with Gasteiger partial charge in [0.25, 0.3) is 5.19 Å². The Bertz CT molecular complexity index is 486. The van der Waals surface area contributed by atoms with Gasteiger partial charge >= 0.3 is 0 Å². The van der Waals surface area contributed by atoms with Crippen LogP contribution in [0.15, 0.2) is 24.3 Å². The normalized spacial score (nSPS) is 10.6. The molecule has 18 heavy (non-hydrogen) atoms. The number of hydrogen-bond acceptors (Lipinski definition) is 5. The van der Waals surface area contributed by atoms with Crippen molar-refractivity contribution in [3.63, 3.8) is 0 Å². The highest BCUT2D eigenvalue weighted by atomic mass is 35.5. The lowest BCUT2D eigenvalue weighted by Crippen LogP contribution is -2.11. The van der Waals surface area contributed by atoms with Crippen LogP contribution in [0.1, 0.15) is 17.5 Å². The lowest BCUT2D eigenvalue weighted by Gasteiger charge is -2.01. The average Bonchev–Trinajstić information content (AvgIpc) is 2.84. The van der Waals surface area contributed by atoms with Gasteiger partial charge in [-0.3, -0.25) is 0 Å². The second-order valence-corrected chi connectivity index (χ2v) is 5.12. The van der Waals surface area contributed by atoms with Gasteiger partial charge in [0.05, 0.1) is 0 Å². The quantitative estimate of drug-likeness (QED) is 0.885. The molecule has 1 aromatic carbocycles. The highest BCUT2D eigenvalue weighted by Gasteiger charge is 2.04. The molecule has 0 saturated heterocycles. The molecule has 0 fully saturated rings. The third kappa shape index (κ3) is 3.94. The summed E-state index contributed by atoms with van der Waals surface area (Å²) in [6, 6.07) is 7.56. The van der Waals surface area contributed by atoms with Crippen LogP contribution in [-0.4, -0.2) is 16.7 Å². The molecule has 0 aliphatic carbocycles. The number of aromatic nitrogens is 2. The smallest absolute Gasteiger partial charge is 0.294 e. The maximum atomic E-state index is 5.81. The van der Waals surface area contributed by atoms with Crippen LogP contribution in [0.25, 0.3) is 0 Å². The molecule has 0 radical (unpaired) electrons. The fourth-order valence-corrected chi connectivity index (χ4v) is 2.11. The predicted molar refractivity (Wildman–Crippen MR) is 73.1 cm³/mol. The Morgan fingerprint density at radius 3 is 2.78 bits per heavy atom. The van der Waals surface area contributed by atoms with Crippen molar-refractivity contribution in [1.82, 2.24) is 15.5 Å². The van der Waals surface area contributed by atoms with Crippen LogP contribution in [0.5, 0.6) is 5.19 Å². The summed E-state index contributed by atoms with van der Waals surface area (Å²) in [5.74, 6) is 0. The van der Waals surface area contributed by atoms with Crippen molar-refractivity contribution in [2.24, 2.45) is 0 Å². The van der Waals surface area contributed by atoms with E-state index in [-0.39, 0.29) is 0 Å². The summed E-state index contributed by atoms with van der Waals surface area (Å²) in [4.78, 5) is 0. The number of halogens is 1. The number of nitrogens with zero attached hydrogens (tertiary/aromatic N) is 2. The molecule has 0 spiro atoms. The summed E-state index contributed by atoms with van der Waals surface area (Å²) >= 11 is 7.27. The molecule has 6 heteroatoms. The van der Waals surface area contributed by atoms with Gasteiger partial charge in [0.1, 0.15) is 11.6 Å². The fraction of sp³-hybridized carbons (Fsp3) is 0.333. The van der Waals surface area contributed by atoms with E-state index in [1.54, 1.807) is 0 Å². The van der Waals surface area contributed by atoms with E-state index in [0.29, 0.717) is 11.8 Å². The Morgan fingerprint density at radius 2 is 2.06 bits per heavy atom. The van der Waals surface area contributed by atoms with Gasteiger partial charge in [-0.15, -0.1) is 5.10 Å². The minimum absolute atomic E-state index is 0.479. The first-order valence-electron chi connectivity index (χ1n) is 5.68. The van der Waals surface area contributed by atoms with Gasteiger partial charge in [-0.2, -0.15) is 0 Å². The topological polar surface area (TPSA) is 47.0 Å². The van der Waals surface area contributed by atoms with Crippen molar-refractivity contribution >= 4 is 22.9 Å². The van der Waals surface area contributed by atoms with E-state index in [1.165, 1.54) is 11.3 Å². The van der Waals surface area contributed by atoms with Crippen LogP contribution in [0.4, 0.5) is 0 Å². The Kier molecular flexibility index (Phi) is 4.92. The van der Waals surface area contributed by atoms with Crippen molar-refractivity contribution in [3.8, 4) is 5.19 Å². The molecule has 0 saturated carbocycles. The third-order valence-corrected chi connectivity index (χ3v) is 3.34. The van der Waals surface area contributed by atoms with Gasteiger partial charge in [0, 0.05) is 11.6 Å². The Balaban J connectivity index is 1.86. The maximum absolute atomic E-state index is 5.81.